The molecule has 1 saturated heterocycles. The first-order valence-electron chi connectivity index (χ1n) is 12.0. The molecule has 0 bridgehead atoms. The van der Waals surface area contributed by atoms with E-state index in [1.165, 1.54) is 11.3 Å². The number of nitrogens with zero attached hydrogens (tertiary/aromatic N) is 4. The van der Waals surface area contributed by atoms with Crippen LogP contribution in [0.2, 0.25) is 0 Å². The van der Waals surface area contributed by atoms with Gasteiger partial charge in [-0.25, -0.2) is 9.97 Å². The third kappa shape index (κ3) is 3.82. The number of amides is 2. The highest BCUT2D eigenvalue weighted by molar-refractivity contribution is 7.18. The first-order chi connectivity index (χ1) is 17.5. The van der Waals surface area contributed by atoms with Crippen LogP contribution in [-0.2, 0) is 21.4 Å². The van der Waals surface area contributed by atoms with Crippen LogP contribution in [0.5, 0.6) is 5.88 Å². The molecule has 1 unspecified atom stereocenters. The average Bonchev–Trinajstić information content (AvgIpc) is 3.60. The topological polar surface area (TPSA) is 75.6 Å². The number of anilines is 1. The Hall–Kier alpha value is -3.78. The summed E-state index contributed by atoms with van der Waals surface area (Å²) in [5, 5.41) is 0.732. The van der Waals surface area contributed by atoms with Crippen molar-refractivity contribution >= 4 is 39.2 Å². The number of carbonyl (C=O) groups is 2. The van der Waals surface area contributed by atoms with Crippen LogP contribution in [0.15, 0.2) is 60.7 Å². The van der Waals surface area contributed by atoms with Crippen molar-refractivity contribution in [3.05, 3.63) is 71.2 Å². The van der Waals surface area contributed by atoms with Crippen LogP contribution in [0.4, 0.5) is 5.69 Å². The number of pyridine rings is 1. The Morgan fingerprint density at radius 3 is 2.61 bits per heavy atom. The molecule has 1 spiro atoms. The summed E-state index contributed by atoms with van der Waals surface area (Å²) in [6.45, 7) is 3.52. The van der Waals surface area contributed by atoms with E-state index in [4.69, 9.17) is 4.74 Å². The van der Waals surface area contributed by atoms with Gasteiger partial charge in [0.25, 0.3) is 0 Å². The van der Waals surface area contributed by atoms with Gasteiger partial charge in [-0.1, -0.05) is 47.7 Å². The summed E-state index contributed by atoms with van der Waals surface area (Å²) < 4.78 is 5.22. The Labute approximate surface area is 213 Å². The molecule has 2 aromatic heterocycles. The number of fused-ring (bicyclic) bond motifs is 3. The lowest BCUT2D eigenvalue weighted by molar-refractivity contribution is -0.127. The minimum Gasteiger partial charge on any atom is -0.481 e. The van der Waals surface area contributed by atoms with Gasteiger partial charge in [-0.2, -0.15) is 0 Å². The molecule has 0 saturated carbocycles. The second kappa shape index (κ2) is 8.71. The van der Waals surface area contributed by atoms with Crippen LogP contribution >= 0.6 is 11.3 Å². The number of hydrogen-bond acceptors (Lipinski definition) is 6. The highest BCUT2D eigenvalue weighted by Crippen LogP contribution is 2.48. The van der Waals surface area contributed by atoms with Crippen LogP contribution in [-0.4, -0.2) is 53.4 Å². The van der Waals surface area contributed by atoms with Crippen molar-refractivity contribution in [3.8, 4) is 17.0 Å². The fourth-order valence-electron chi connectivity index (χ4n) is 5.45. The molecule has 8 heteroatoms. The molecular weight excluding hydrogens is 472 g/mol. The zero-order chi connectivity index (χ0) is 24.9. The highest BCUT2D eigenvalue weighted by Gasteiger charge is 2.49. The number of aromatic nitrogens is 2. The molecule has 2 amide bonds. The lowest BCUT2D eigenvalue weighted by Crippen LogP contribution is -2.40. The van der Waals surface area contributed by atoms with E-state index in [-0.39, 0.29) is 23.7 Å². The van der Waals surface area contributed by atoms with Crippen molar-refractivity contribution in [2.75, 3.05) is 31.6 Å². The number of benzene rings is 2. The van der Waals surface area contributed by atoms with Gasteiger partial charge in [0, 0.05) is 43.7 Å². The summed E-state index contributed by atoms with van der Waals surface area (Å²) in [6, 6.07) is 20.3. The number of methoxy groups -OCH3 is 1. The maximum atomic E-state index is 13.7. The maximum Gasteiger partial charge on any atom is 0.233 e. The second-order valence-corrected chi connectivity index (χ2v) is 10.6. The molecule has 182 valence electrons. The first kappa shape index (κ1) is 22.7. The Kier molecular flexibility index (Phi) is 5.48. The van der Waals surface area contributed by atoms with E-state index < -0.39 is 0 Å². The lowest BCUT2D eigenvalue weighted by atomic mass is 9.80. The van der Waals surface area contributed by atoms with Gasteiger partial charge in [-0.3, -0.25) is 9.59 Å². The van der Waals surface area contributed by atoms with E-state index in [9.17, 15) is 9.59 Å². The number of rotatable bonds is 4. The zero-order valence-electron chi connectivity index (χ0n) is 20.2. The molecule has 1 fully saturated rings. The molecule has 36 heavy (non-hydrogen) atoms. The van der Waals surface area contributed by atoms with Gasteiger partial charge >= 0.3 is 0 Å². The molecule has 0 N–H and O–H groups in total. The summed E-state index contributed by atoms with van der Waals surface area (Å²) in [4.78, 5) is 39.5. The third-order valence-corrected chi connectivity index (χ3v) is 8.28. The van der Waals surface area contributed by atoms with E-state index in [0.29, 0.717) is 25.5 Å². The quantitative estimate of drug-likeness (QED) is 0.416. The fourth-order valence-corrected chi connectivity index (χ4v) is 6.37. The van der Waals surface area contributed by atoms with E-state index >= 15 is 0 Å². The Morgan fingerprint density at radius 1 is 1.03 bits per heavy atom. The smallest absolute Gasteiger partial charge is 0.233 e. The van der Waals surface area contributed by atoms with Gasteiger partial charge in [0.15, 0.2) is 0 Å². The first-order valence-corrected chi connectivity index (χ1v) is 12.8. The van der Waals surface area contributed by atoms with Crippen LogP contribution in [0.25, 0.3) is 21.5 Å². The van der Waals surface area contributed by atoms with E-state index in [2.05, 4.69) is 40.3 Å². The molecule has 1 atom stereocenters. The number of thiazole rings is 1. The van der Waals surface area contributed by atoms with Gasteiger partial charge in [0.05, 0.1) is 13.5 Å². The van der Waals surface area contributed by atoms with Crippen molar-refractivity contribution < 1.29 is 14.3 Å². The van der Waals surface area contributed by atoms with Gasteiger partial charge in [-0.15, -0.1) is 0 Å². The Morgan fingerprint density at radius 2 is 1.86 bits per heavy atom. The Balaban J connectivity index is 1.34. The van der Waals surface area contributed by atoms with Crippen LogP contribution in [0, 0.1) is 0 Å². The molecule has 4 aromatic rings. The minimum atomic E-state index is -0.260. The zero-order valence-corrected chi connectivity index (χ0v) is 21.0. The number of ether oxygens (including phenoxy) is 1. The standard InChI is InChI=1S/C28H26N4O3S/c1-18(33)31-13-12-28(16-31)17-32(23-10-8-20(14-21(23)28)19-6-4-3-5-7-19)26(34)15-25-29-22-9-11-24(35-2)30-27(22)36-25/h3-11,14H,12-13,15-17H2,1-2H3. The van der Waals surface area contributed by atoms with Crippen molar-refractivity contribution in [3.63, 3.8) is 0 Å². The summed E-state index contributed by atoms with van der Waals surface area (Å²) in [7, 11) is 1.58. The monoisotopic (exact) mass is 498 g/mol. The van der Waals surface area contributed by atoms with E-state index in [1.807, 2.05) is 34.1 Å². The third-order valence-electron chi connectivity index (χ3n) is 7.31. The maximum absolute atomic E-state index is 13.7. The molecule has 2 aliphatic heterocycles. The molecule has 7 nitrogen and oxygen atoms in total. The predicted octanol–water partition coefficient (Wildman–Crippen LogP) is 4.45. The van der Waals surface area contributed by atoms with E-state index in [0.717, 1.165) is 44.2 Å². The van der Waals surface area contributed by atoms with E-state index in [1.54, 1.807) is 20.1 Å². The Bertz CT molecular complexity index is 1480. The molecule has 6 rings (SSSR count). The van der Waals surface area contributed by atoms with Gasteiger partial charge < -0.3 is 14.5 Å². The van der Waals surface area contributed by atoms with Crippen LogP contribution < -0.4 is 9.64 Å². The number of likely N-dealkylation sites (tertiary alicyclic amines) is 1. The van der Waals surface area contributed by atoms with Crippen molar-refractivity contribution in [2.24, 2.45) is 0 Å². The normalized spacial score (nSPS) is 18.7. The summed E-state index contributed by atoms with van der Waals surface area (Å²) in [5.74, 6) is 0.618. The lowest BCUT2D eigenvalue weighted by Gasteiger charge is -2.25. The molecule has 2 aliphatic rings. The summed E-state index contributed by atoms with van der Waals surface area (Å²) in [5.41, 5.74) is 4.85. The molecular formula is C28H26N4O3S. The van der Waals surface area contributed by atoms with Crippen molar-refractivity contribution in [1.82, 2.24) is 14.9 Å². The van der Waals surface area contributed by atoms with Crippen LogP contribution in [0.3, 0.4) is 0 Å². The van der Waals surface area contributed by atoms with Gasteiger partial charge in [-0.05, 0) is 41.3 Å². The fraction of sp³-hybridized carbons (Fsp3) is 0.286. The summed E-state index contributed by atoms with van der Waals surface area (Å²) >= 11 is 1.42. The van der Waals surface area contributed by atoms with Crippen LogP contribution in [0.1, 0.15) is 23.9 Å². The average molecular weight is 499 g/mol. The molecule has 0 aliphatic carbocycles. The number of carbonyl (C=O) groups excluding carboxylic acids is 2. The van der Waals surface area contributed by atoms with Crippen molar-refractivity contribution in [1.29, 1.82) is 0 Å². The summed E-state index contributed by atoms with van der Waals surface area (Å²) in [6.07, 6.45) is 1.04. The van der Waals surface area contributed by atoms with Crippen molar-refractivity contribution in [2.45, 2.75) is 25.2 Å². The number of hydrogen-bond donors (Lipinski definition) is 0. The molecule has 4 heterocycles. The van der Waals surface area contributed by atoms with Gasteiger partial charge in [0.2, 0.25) is 17.7 Å². The largest absolute Gasteiger partial charge is 0.481 e. The highest BCUT2D eigenvalue weighted by atomic mass is 32.1. The van der Waals surface area contributed by atoms with Gasteiger partial charge in [0.1, 0.15) is 15.4 Å². The molecule has 2 aromatic carbocycles. The second-order valence-electron chi connectivity index (χ2n) is 9.51. The SMILES string of the molecule is COc1ccc2nc(CC(=O)N3CC4(CCN(C(C)=O)C4)c4cc(-c5ccccc5)ccc43)sc2n1. The molecule has 0 radical (unpaired) electrons. The minimum absolute atomic E-state index is 0.00730. The predicted molar refractivity (Wildman–Crippen MR) is 140 cm³/mol.